The van der Waals surface area contributed by atoms with Crippen molar-refractivity contribution in [2.75, 3.05) is 19.5 Å². The molecule has 1 N–H and O–H groups in total. The summed E-state index contributed by atoms with van der Waals surface area (Å²) < 4.78 is 10.4. The Labute approximate surface area is 213 Å². The number of nitrogens with one attached hydrogen (secondary N) is 1. The number of hydrogen-bond acceptors (Lipinski definition) is 6. The predicted molar refractivity (Wildman–Crippen MR) is 140 cm³/mol. The summed E-state index contributed by atoms with van der Waals surface area (Å²) in [6, 6.07) is 21.7. The second-order valence-corrected chi connectivity index (χ2v) is 9.28. The van der Waals surface area contributed by atoms with Crippen molar-refractivity contribution in [1.82, 2.24) is 4.90 Å². The molecule has 2 amide bonds. The Hall–Kier alpha value is -3.49. The van der Waals surface area contributed by atoms with Crippen molar-refractivity contribution in [2.24, 2.45) is 4.99 Å². The molecule has 0 bridgehead atoms. The summed E-state index contributed by atoms with van der Waals surface area (Å²) in [6.07, 6.45) is -0.00450. The van der Waals surface area contributed by atoms with Crippen LogP contribution in [0.3, 0.4) is 0 Å². The highest BCUT2D eigenvalue weighted by Gasteiger charge is 2.39. The number of aliphatic imine (C=N–C) groups is 1. The second kappa shape index (κ2) is 11.3. The summed E-state index contributed by atoms with van der Waals surface area (Å²) >= 11 is 7.43. The van der Waals surface area contributed by atoms with Crippen molar-refractivity contribution in [3.8, 4) is 11.5 Å². The number of benzene rings is 3. The number of carbonyl (C=O) groups excluding carboxylic acids is 2. The predicted octanol–water partition coefficient (Wildman–Crippen LogP) is 5.52. The lowest BCUT2D eigenvalue weighted by Crippen LogP contribution is -2.33. The normalized spacial score (nSPS) is 16.4. The van der Waals surface area contributed by atoms with Gasteiger partial charge in [-0.2, -0.15) is 0 Å². The van der Waals surface area contributed by atoms with Crippen LogP contribution in [-0.2, 0) is 16.1 Å². The lowest BCUT2D eigenvalue weighted by molar-refractivity contribution is -0.128. The highest BCUT2D eigenvalue weighted by Crippen LogP contribution is 2.34. The van der Waals surface area contributed by atoms with Crippen LogP contribution in [0.5, 0.6) is 11.5 Å². The van der Waals surface area contributed by atoms with E-state index in [0.29, 0.717) is 33.9 Å². The molecule has 3 aromatic carbocycles. The third-order valence-electron chi connectivity index (χ3n) is 5.34. The van der Waals surface area contributed by atoms with Gasteiger partial charge in [0.25, 0.3) is 0 Å². The van der Waals surface area contributed by atoms with E-state index < -0.39 is 5.25 Å². The second-order valence-electron chi connectivity index (χ2n) is 7.70. The molecule has 1 aliphatic heterocycles. The lowest BCUT2D eigenvalue weighted by Gasteiger charge is -2.17. The van der Waals surface area contributed by atoms with E-state index in [4.69, 9.17) is 26.1 Å². The van der Waals surface area contributed by atoms with E-state index in [2.05, 4.69) is 5.32 Å². The first kappa shape index (κ1) is 24.6. The van der Waals surface area contributed by atoms with E-state index in [-0.39, 0.29) is 18.2 Å². The zero-order valence-corrected chi connectivity index (χ0v) is 20.8. The highest BCUT2D eigenvalue weighted by molar-refractivity contribution is 8.15. The first-order chi connectivity index (χ1) is 17.0. The molecular formula is C26H24ClN3O4S. The molecule has 1 aliphatic rings. The third kappa shape index (κ3) is 6.15. The molecule has 0 aliphatic carbocycles. The van der Waals surface area contributed by atoms with Crippen molar-refractivity contribution in [3.63, 3.8) is 0 Å². The fraction of sp³-hybridized carbons (Fsp3) is 0.192. The molecule has 0 radical (unpaired) electrons. The van der Waals surface area contributed by atoms with Gasteiger partial charge in [-0.1, -0.05) is 47.6 Å². The van der Waals surface area contributed by atoms with Gasteiger partial charge in [0, 0.05) is 6.42 Å². The van der Waals surface area contributed by atoms with Crippen LogP contribution in [0.1, 0.15) is 12.0 Å². The number of thioether (sulfide) groups is 1. The largest absolute Gasteiger partial charge is 0.497 e. The van der Waals surface area contributed by atoms with Crippen LogP contribution in [-0.4, -0.2) is 41.4 Å². The maximum Gasteiger partial charge on any atom is 0.242 e. The number of rotatable bonds is 8. The molecule has 0 spiro atoms. The monoisotopic (exact) mass is 509 g/mol. The Balaban J connectivity index is 1.55. The number of para-hydroxylation sites is 1. The number of ether oxygens (including phenoxy) is 2. The van der Waals surface area contributed by atoms with E-state index >= 15 is 0 Å². The number of carbonyl (C=O) groups is 2. The van der Waals surface area contributed by atoms with Crippen LogP contribution < -0.4 is 14.8 Å². The Morgan fingerprint density at radius 3 is 2.26 bits per heavy atom. The smallest absolute Gasteiger partial charge is 0.242 e. The number of nitrogens with zero attached hydrogens (tertiary/aromatic N) is 2. The van der Waals surface area contributed by atoms with E-state index in [0.717, 1.165) is 11.3 Å². The Kier molecular flexibility index (Phi) is 7.94. The van der Waals surface area contributed by atoms with Crippen molar-refractivity contribution < 1.29 is 19.1 Å². The van der Waals surface area contributed by atoms with Crippen LogP contribution >= 0.6 is 23.4 Å². The van der Waals surface area contributed by atoms with Gasteiger partial charge in [0.15, 0.2) is 5.17 Å². The topological polar surface area (TPSA) is 80.2 Å². The maximum atomic E-state index is 13.4. The fourth-order valence-corrected chi connectivity index (χ4v) is 4.82. The number of anilines is 1. The highest BCUT2D eigenvalue weighted by atomic mass is 35.5. The van der Waals surface area contributed by atoms with Gasteiger partial charge in [-0.3, -0.25) is 14.5 Å². The molecule has 3 aromatic rings. The molecule has 1 fully saturated rings. The lowest BCUT2D eigenvalue weighted by atomic mass is 10.2. The van der Waals surface area contributed by atoms with Crippen LogP contribution in [0.2, 0.25) is 5.02 Å². The molecule has 9 heteroatoms. The SMILES string of the molecule is COc1ccc(CN2C(=O)[C@@H](CC(=O)Nc3ccccc3Cl)SC2=Nc2ccc(OC)cc2)cc1. The van der Waals surface area contributed by atoms with Gasteiger partial charge in [0.2, 0.25) is 11.8 Å². The van der Waals surface area contributed by atoms with Gasteiger partial charge < -0.3 is 14.8 Å². The standard InChI is InChI=1S/C26H24ClN3O4S/c1-33-19-11-7-17(8-12-19)16-30-25(32)23(15-24(31)29-22-6-4-3-5-21(22)27)35-26(30)28-18-9-13-20(34-2)14-10-18/h3-14,23H,15-16H2,1-2H3,(H,29,31)/t23-/m1/s1. The van der Waals surface area contributed by atoms with E-state index in [1.54, 1.807) is 43.4 Å². The summed E-state index contributed by atoms with van der Waals surface area (Å²) in [5.74, 6) is 0.983. The van der Waals surface area contributed by atoms with E-state index in [9.17, 15) is 9.59 Å². The van der Waals surface area contributed by atoms with Crippen LogP contribution in [0.4, 0.5) is 11.4 Å². The molecule has 0 unspecified atom stereocenters. The molecule has 7 nitrogen and oxygen atoms in total. The summed E-state index contributed by atoms with van der Waals surface area (Å²) in [6.45, 7) is 0.327. The van der Waals surface area contributed by atoms with Crippen molar-refractivity contribution >= 4 is 51.7 Å². The minimum atomic E-state index is -0.604. The van der Waals surface area contributed by atoms with Gasteiger partial charge in [0.1, 0.15) is 16.7 Å². The molecule has 1 saturated heterocycles. The van der Waals surface area contributed by atoms with Crippen LogP contribution in [0.25, 0.3) is 0 Å². The van der Waals surface area contributed by atoms with Crippen molar-refractivity contribution in [1.29, 1.82) is 0 Å². The molecule has 0 aromatic heterocycles. The Morgan fingerprint density at radius 2 is 1.63 bits per heavy atom. The molecular weight excluding hydrogens is 486 g/mol. The summed E-state index contributed by atoms with van der Waals surface area (Å²) in [4.78, 5) is 32.4. The first-order valence-corrected chi connectivity index (χ1v) is 12.1. The van der Waals surface area contributed by atoms with Gasteiger partial charge in [-0.05, 0) is 54.1 Å². The molecule has 180 valence electrons. The molecule has 35 heavy (non-hydrogen) atoms. The van der Waals surface area contributed by atoms with Crippen LogP contribution in [0.15, 0.2) is 77.8 Å². The van der Waals surface area contributed by atoms with Crippen LogP contribution in [0, 0.1) is 0 Å². The zero-order valence-electron chi connectivity index (χ0n) is 19.2. The Morgan fingerprint density at radius 1 is 1.00 bits per heavy atom. The Bertz CT molecular complexity index is 1230. The van der Waals surface area contributed by atoms with Gasteiger partial charge in [-0.25, -0.2) is 4.99 Å². The quantitative estimate of drug-likeness (QED) is 0.432. The van der Waals surface area contributed by atoms with Gasteiger partial charge in [0.05, 0.1) is 37.2 Å². The summed E-state index contributed by atoms with van der Waals surface area (Å²) in [7, 11) is 3.20. The van der Waals surface area contributed by atoms with Crippen molar-refractivity contribution in [3.05, 3.63) is 83.4 Å². The molecule has 1 atom stereocenters. The summed E-state index contributed by atoms with van der Waals surface area (Å²) in [5, 5.41) is 3.16. The van der Waals surface area contributed by atoms with Gasteiger partial charge >= 0.3 is 0 Å². The molecule has 4 rings (SSSR count). The molecule has 0 saturated carbocycles. The average molecular weight is 510 g/mol. The minimum absolute atomic E-state index is 0.00450. The molecule has 1 heterocycles. The number of amides is 2. The first-order valence-electron chi connectivity index (χ1n) is 10.8. The van der Waals surface area contributed by atoms with Gasteiger partial charge in [-0.15, -0.1) is 0 Å². The van der Waals surface area contributed by atoms with E-state index in [1.807, 2.05) is 48.5 Å². The third-order valence-corrected chi connectivity index (χ3v) is 6.84. The minimum Gasteiger partial charge on any atom is -0.497 e. The number of halogens is 1. The zero-order chi connectivity index (χ0) is 24.8. The maximum absolute atomic E-state index is 13.4. The average Bonchev–Trinajstić information content (AvgIpc) is 3.15. The van der Waals surface area contributed by atoms with E-state index in [1.165, 1.54) is 11.8 Å². The number of amidine groups is 1. The number of methoxy groups -OCH3 is 2. The summed E-state index contributed by atoms with van der Waals surface area (Å²) in [5.41, 5.74) is 2.11. The number of hydrogen-bond donors (Lipinski definition) is 1. The van der Waals surface area contributed by atoms with Crippen molar-refractivity contribution in [2.45, 2.75) is 18.2 Å². The fourth-order valence-electron chi connectivity index (χ4n) is 3.48.